The van der Waals surface area contributed by atoms with Gasteiger partial charge in [-0.2, -0.15) is 0 Å². The van der Waals surface area contributed by atoms with Gasteiger partial charge < -0.3 is 9.47 Å². The number of allylic oxidation sites excluding steroid dienone is 1. The zero-order valence-electron chi connectivity index (χ0n) is 13.3. The normalized spacial score (nSPS) is 23.7. The van der Waals surface area contributed by atoms with Crippen LogP contribution in [0.3, 0.4) is 0 Å². The van der Waals surface area contributed by atoms with E-state index in [2.05, 4.69) is 0 Å². The van der Waals surface area contributed by atoms with Crippen molar-refractivity contribution in [1.82, 2.24) is 4.90 Å². The number of hydrogen-bond acceptors (Lipinski definition) is 5. The van der Waals surface area contributed by atoms with E-state index in [0.717, 1.165) is 0 Å². The largest absolute Gasteiger partial charge is 0.456 e. The summed E-state index contributed by atoms with van der Waals surface area (Å²) in [6.07, 6.45) is 0.973. The van der Waals surface area contributed by atoms with Crippen molar-refractivity contribution in [2.45, 2.75) is 32.4 Å². The number of amides is 1. The van der Waals surface area contributed by atoms with Gasteiger partial charge in [-0.1, -0.05) is 23.7 Å². The number of ketones is 1. The molecule has 0 spiro atoms. The lowest BCUT2D eigenvalue weighted by Crippen LogP contribution is -2.52. The zero-order chi connectivity index (χ0) is 17.5. The van der Waals surface area contributed by atoms with Crippen LogP contribution in [-0.2, 0) is 29.6 Å². The molecule has 2 heterocycles. The van der Waals surface area contributed by atoms with Crippen LogP contribution >= 0.6 is 11.6 Å². The van der Waals surface area contributed by atoms with Crippen LogP contribution in [0.4, 0.5) is 0 Å². The molecule has 24 heavy (non-hydrogen) atoms. The predicted molar refractivity (Wildman–Crippen MR) is 84.6 cm³/mol. The van der Waals surface area contributed by atoms with Crippen LogP contribution in [-0.4, -0.2) is 29.1 Å². The van der Waals surface area contributed by atoms with Gasteiger partial charge in [-0.05, 0) is 25.5 Å². The van der Waals surface area contributed by atoms with Crippen LogP contribution in [0.2, 0.25) is 5.02 Å². The first-order chi connectivity index (χ1) is 11.4. The molecule has 0 radical (unpaired) electrons. The second-order valence-electron chi connectivity index (χ2n) is 5.71. The topological polar surface area (TPSA) is 72.9 Å². The van der Waals surface area contributed by atoms with Crippen LogP contribution < -0.4 is 0 Å². The van der Waals surface area contributed by atoms with Crippen molar-refractivity contribution >= 4 is 29.3 Å². The van der Waals surface area contributed by atoms with Crippen LogP contribution in [0.25, 0.3) is 0 Å². The van der Waals surface area contributed by atoms with Crippen molar-refractivity contribution in [2.24, 2.45) is 0 Å². The maximum atomic E-state index is 13.1. The maximum Gasteiger partial charge on any atom is 0.308 e. The molecule has 0 saturated carbocycles. The van der Waals surface area contributed by atoms with Gasteiger partial charge in [0.2, 0.25) is 11.7 Å². The van der Waals surface area contributed by atoms with Crippen LogP contribution in [0.15, 0.2) is 35.8 Å². The number of hydrogen-bond donors (Lipinski definition) is 0. The van der Waals surface area contributed by atoms with Crippen molar-refractivity contribution in [3.63, 3.8) is 0 Å². The van der Waals surface area contributed by atoms with Gasteiger partial charge >= 0.3 is 5.97 Å². The van der Waals surface area contributed by atoms with Crippen LogP contribution in [0, 0.1) is 0 Å². The van der Waals surface area contributed by atoms with Gasteiger partial charge in [-0.15, -0.1) is 0 Å². The number of Topliss-reactive ketones (excluding diaryl/α,β-unsaturated/α-hetero) is 1. The third-order valence-electron chi connectivity index (χ3n) is 4.07. The Morgan fingerprint density at radius 2 is 1.96 bits per heavy atom. The first-order valence-electron chi connectivity index (χ1n) is 7.56. The summed E-state index contributed by atoms with van der Waals surface area (Å²) in [5.41, 5.74) is -1.18. The quantitative estimate of drug-likeness (QED) is 0.784. The summed E-state index contributed by atoms with van der Waals surface area (Å²) >= 11 is 5.93. The molecular weight excluding hydrogens is 334 g/mol. The summed E-state index contributed by atoms with van der Waals surface area (Å²) in [5, 5.41) is 0.497. The molecule has 1 atom stereocenters. The molecule has 1 unspecified atom stereocenters. The Morgan fingerprint density at radius 1 is 1.29 bits per heavy atom. The Hall–Kier alpha value is -2.34. The van der Waals surface area contributed by atoms with Crippen molar-refractivity contribution in [3.05, 3.63) is 46.4 Å². The molecule has 6 nitrogen and oxygen atoms in total. The third-order valence-corrected chi connectivity index (χ3v) is 4.32. The minimum atomic E-state index is -1.65. The molecule has 2 aliphatic heterocycles. The van der Waals surface area contributed by atoms with Gasteiger partial charge in [0, 0.05) is 30.5 Å². The molecule has 0 bridgehead atoms. The van der Waals surface area contributed by atoms with E-state index in [-0.39, 0.29) is 17.4 Å². The Kier molecular flexibility index (Phi) is 4.09. The minimum Gasteiger partial charge on any atom is -0.456 e. The fourth-order valence-corrected chi connectivity index (χ4v) is 3.20. The Morgan fingerprint density at radius 3 is 2.50 bits per heavy atom. The van der Waals surface area contributed by atoms with E-state index in [4.69, 9.17) is 21.1 Å². The highest BCUT2D eigenvalue weighted by atomic mass is 35.5. The van der Waals surface area contributed by atoms with E-state index in [0.29, 0.717) is 30.0 Å². The molecule has 0 aromatic heterocycles. The van der Waals surface area contributed by atoms with E-state index in [1.807, 2.05) is 0 Å². The van der Waals surface area contributed by atoms with Crippen molar-refractivity contribution in [3.8, 4) is 0 Å². The average molecular weight is 350 g/mol. The molecule has 0 aliphatic carbocycles. The summed E-state index contributed by atoms with van der Waals surface area (Å²) in [6, 6.07) is 6.51. The summed E-state index contributed by atoms with van der Waals surface area (Å²) in [5.74, 6) is -1.37. The first-order valence-corrected chi connectivity index (χ1v) is 7.93. The van der Waals surface area contributed by atoms with E-state index < -0.39 is 17.5 Å². The number of ether oxygens (including phenoxy) is 2. The number of benzene rings is 1. The van der Waals surface area contributed by atoms with Gasteiger partial charge in [0.25, 0.3) is 11.5 Å². The van der Waals surface area contributed by atoms with E-state index in [1.54, 1.807) is 24.3 Å². The monoisotopic (exact) mass is 349 g/mol. The summed E-state index contributed by atoms with van der Waals surface area (Å²) in [4.78, 5) is 38.1. The Bertz CT molecular complexity index is 755. The number of carbonyl (C=O) groups excluding carboxylic acids is 3. The number of nitrogens with zero attached hydrogens (tertiary/aromatic N) is 1. The maximum absolute atomic E-state index is 13.1. The van der Waals surface area contributed by atoms with Gasteiger partial charge in [-0.3, -0.25) is 19.3 Å². The number of esters is 1. The second-order valence-corrected chi connectivity index (χ2v) is 6.15. The van der Waals surface area contributed by atoms with Crippen molar-refractivity contribution in [2.75, 3.05) is 6.54 Å². The summed E-state index contributed by atoms with van der Waals surface area (Å²) < 4.78 is 10.9. The predicted octanol–water partition coefficient (Wildman–Crippen LogP) is 2.51. The molecule has 2 aliphatic rings. The van der Waals surface area contributed by atoms with E-state index >= 15 is 0 Å². The number of carbonyl (C=O) groups is 3. The first kappa shape index (κ1) is 16.5. The minimum absolute atomic E-state index is 0.169. The molecule has 1 amide bonds. The molecule has 1 aromatic carbocycles. The van der Waals surface area contributed by atoms with E-state index in [9.17, 15) is 14.4 Å². The average Bonchev–Trinajstić information content (AvgIpc) is 3.05. The lowest BCUT2D eigenvalue weighted by molar-refractivity contribution is -0.168. The molecule has 7 heteroatoms. The Labute approximate surface area is 144 Å². The molecule has 126 valence electrons. The van der Waals surface area contributed by atoms with Crippen molar-refractivity contribution < 1.29 is 23.9 Å². The van der Waals surface area contributed by atoms with Gasteiger partial charge in [-0.25, -0.2) is 0 Å². The number of halogens is 1. The van der Waals surface area contributed by atoms with Gasteiger partial charge in [0.15, 0.2) is 0 Å². The highest BCUT2D eigenvalue weighted by Gasteiger charge is 2.58. The highest BCUT2D eigenvalue weighted by molar-refractivity contribution is 6.30. The number of likely N-dealkylation sites (tertiary alicyclic amines) is 1. The van der Waals surface area contributed by atoms with Crippen LogP contribution in [0.5, 0.6) is 0 Å². The molecule has 3 rings (SSSR count). The van der Waals surface area contributed by atoms with Crippen molar-refractivity contribution in [1.29, 1.82) is 0 Å². The lowest BCUT2D eigenvalue weighted by atomic mass is 9.96. The standard InChI is InChI=1S/C17H16ClNO5/c1-10-15(23-11(2)20)16(22)17(24-10,19-9-3-4-14(19)21)12-5-7-13(18)8-6-12/h5-8H,3-4,9H2,1-2H3. The van der Waals surface area contributed by atoms with E-state index in [1.165, 1.54) is 18.7 Å². The SMILES string of the molecule is CC(=O)OC1=C(C)OC(c2ccc(Cl)cc2)(N2CCCC2=O)C1=O. The fourth-order valence-electron chi connectivity index (χ4n) is 3.07. The molecular formula is C17H16ClNO5. The smallest absolute Gasteiger partial charge is 0.308 e. The molecule has 1 aromatic rings. The summed E-state index contributed by atoms with van der Waals surface area (Å²) in [6.45, 7) is 3.12. The van der Waals surface area contributed by atoms with Crippen LogP contribution in [0.1, 0.15) is 32.3 Å². The second kappa shape index (κ2) is 5.94. The summed E-state index contributed by atoms with van der Waals surface area (Å²) in [7, 11) is 0. The molecule has 0 N–H and O–H groups in total. The Balaban J connectivity index is 2.11. The number of rotatable bonds is 3. The molecule has 1 saturated heterocycles. The lowest BCUT2D eigenvalue weighted by Gasteiger charge is -2.36. The highest BCUT2D eigenvalue weighted by Crippen LogP contribution is 2.44. The molecule has 1 fully saturated rings. The fraction of sp³-hybridized carbons (Fsp3) is 0.353. The van der Waals surface area contributed by atoms with Gasteiger partial charge in [0.05, 0.1) is 0 Å². The van der Waals surface area contributed by atoms with Gasteiger partial charge in [0.1, 0.15) is 5.76 Å². The zero-order valence-corrected chi connectivity index (χ0v) is 14.1. The third kappa shape index (κ3) is 2.47.